The summed E-state index contributed by atoms with van der Waals surface area (Å²) in [5.74, 6) is -0.223. The Morgan fingerprint density at radius 1 is 1.65 bits per heavy atom. The van der Waals surface area contributed by atoms with E-state index < -0.39 is 11.2 Å². The van der Waals surface area contributed by atoms with E-state index >= 15 is 0 Å². The van der Waals surface area contributed by atoms with Crippen molar-refractivity contribution in [2.75, 3.05) is 29.9 Å². The van der Waals surface area contributed by atoms with Gasteiger partial charge in [-0.1, -0.05) is 6.92 Å². The maximum Gasteiger partial charge on any atom is 0.225 e. The standard InChI is InChI=1S/C13H20FN5O/c1-3-5-16-12-17-7-9(14)10(18-12)19-6-4-13(2,8-19)11(15)20/h7H,3-6,8H2,1-2H3,(H2,15,20)(H,16,17,18). The summed E-state index contributed by atoms with van der Waals surface area (Å²) in [6, 6.07) is 0. The van der Waals surface area contributed by atoms with E-state index in [4.69, 9.17) is 5.73 Å². The molecule has 0 bridgehead atoms. The summed E-state index contributed by atoms with van der Waals surface area (Å²) >= 11 is 0. The minimum atomic E-state index is -0.631. The fraction of sp³-hybridized carbons (Fsp3) is 0.615. The van der Waals surface area contributed by atoms with Crippen molar-refractivity contribution in [1.82, 2.24) is 9.97 Å². The number of primary amides is 1. The molecular formula is C13H20FN5O. The van der Waals surface area contributed by atoms with Crippen molar-refractivity contribution in [3.63, 3.8) is 0 Å². The average Bonchev–Trinajstić information content (AvgIpc) is 2.82. The Hall–Kier alpha value is -1.92. The van der Waals surface area contributed by atoms with Gasteiger partial charge in [0.2, 0.25) is 11.9 Å². The number of amides is 1. The van der Waals surface area contributed by atoms with Crippen molar-refractivity contribution in [3.8, 4) is 0 Å². The SMILES string of the molecule is CCCNc1ncc(F)c(N2CCC(C)(C(N)=O)C2)n1. The average molecular weight is 281 g/mol. The van der Waals surface area contributed by atoms with E-state index in [0.717, 1.165) is 19.2 Å². The van der Waals surface area contributed by atoms with Gasteiger partial charge in [-0.3, -0.25) is 4.79 Å². The van der Waals surface area contributed by atoms with Crippen LogP contribution in [0.5, 0.6) is 0 Å². The van der Waals surface area contributed by atoms with Crippen LogP contribution in [-0.4, -0.2) is 35.5 Å². The minimum absolute atomic E-state index is 0.226. The largest absolute Gasteiger partial charge is 0.369 e. The van der Waals surface area contributed by atoms with Crippen LogP contribution < -0.4 is 16.0 Å². The first-order valence-electron chi connectivity index (χ1n) is 6.77. The zero-order valence-corrected chi connectivity index (χ0v) is 11.8. The highest BCUT2D eigenvalue weighted by atomic mass is 19.1. The molecule has 6 nitrogen and oxygen atoms in total. The molecule has 1 aromatic rings. The molecule has 0 radical (unpaired) electrons. The number of carbonyl (C=O) groups is 1. The molecule has 0 saturated carbocycles. The molecular weight excluding hydrogens is 261 g/mol. The molecule has 110 valence electrons. The molecule has 1 atom stereocenters. The van der Waals surface area contributed by atoms with E-state index in [1.165, 1.54) is 0 Å². The van der Waals surface area contributed by atoms with Crippen molar-refractivity contribution in [2.45, 2.75) is 26.7 Å². The van der Waals surface area contributed by atoms with E-state index in [0.29, 0.717) is 25.5 Å². The van der Waals surface area contributed by atoms with Gasteiger partial charge < -0.3 is 16.0 Å². The number of rotatable bonds is 5. The number of nitrogens with one attached hydrogen (secondary N) is 1. The van der Waals surface area contributed by atoms with Gasteiger partial charge in [-0.15, -0.1) is 0 Å². The lowest BCUT2D eigenvalue weighted by Gasteiger charge is -2.22. The van der Waals surface area contributed by atoms with Gasteiger partial charge in [0, 0.05) is 19.6 Å². The smallest absolute Gasteiger partial charge is 0.225 e. The molecule has 2 heterocycles. The van der Waals surface area contributed by atoms with E-state index in [2.05, 4.69) is 15.3 Å². The van der Waals surface area contributed by atoms with E-state index in [9.17, 15) is 9.18 Å². The number of carbonyl (C=O) groups excluding carboxylic acids is 1. The molecule has 1 aromatic heterocycles. The van der Waals surface area contributed by atoms with Crippen molar-refractivity contribution < 1.29 is 9.18 Å². The van der Waals surface area contributed by atoms with Gasteiger partial charge in [-0.2, -0.15) is 4.98 Å². The summed E-state index contributed by atoms with van der Waals surface area (Å²) in [6.45, 7) is 5.48. The third kappa shape index (κ3) is 2.81. The first-order chi connectivity index (χ1) is 9.46. The molecule has 2 rings (SSSR count). The Labute approximate surface area is 117 Å². The molecule has 1 aliphatic rings. The van der Waals surface area contributed by atoms with Crippen LogP contribution in [0.2, 0.25) is 0 Å². The van der Waals surface area contributed by atoms with Crippen LogP contribution in [0.15, 0.2) is 6.20 Å². The van der Waals surface area contributed by atoms with Gasteiger partial charge in [0.05, 0.1) is 11.6 Å². The number of nitrogens with zero attached hydrogens (tertiary/aromatic N) is 3. The van der Waals surface area contributed by atoms with Gasteiger partial charge in [0.1, 0.15) is 0 Å². The lowest BCUT2D eigenvalue weighted by atomic mass is 9.89. The zero-order chi connectivity index (χ0) is 14.8. The molecule has 1 saturated heterocycles. The molecule has 0 spiro atoms. The molecule has 1 aliphatic heterocycles. The normalized spacial score (nSPS) is 22.1. The van der Waals surface area contributed by atoms with Crippen LogP contribution in [0.4, 0.5) is 16.2 Å². The van der Waals surface area contributed by atoms with Gasteiger partial charge in [-0.25, -0.2) is 9.37 Å². The highest BCUT2D eigenvalue weighted by Gasteiger charge is 2.40. The first-order valence-corrected chi connectivity index (χ1v) is 6.77. The molecule has 20 heavy (non-hydrogen) atoms. The number of aromatic nitrogens is 2. The summed E-state index contributed by atoms with van der Waals surface area (Å²) in [5, 5.41) is 3.02. The van der Waals surface area contributed by atoms with Gasteiger partial charge in [0.25, 0.3) is 0 Å². The Bertz CT molecular complexity index is 510. The Kier molecular flexibility index (Phi) is 4.06. The van der Waals surface area contributed by atoms with Gasteiger partial charge in [0.15, 0.2) is 11.6 Å². The van der Waals surface area contributed by atoms with Gasteiger partial charge in [-0.05, 0) is 19.8 Å². The quantitative estimate of drug-likeness (QED) is 0.845. The van der Waals surface area contributed by atoms with Crippen LogP contribution in [0, 0.1) is 11.2 Å². The van der Waals surface area contributed by atoms with Crippen LogP contribution in [0.1, 0.15) is 26.7 Å². The summed E-state index contributed by atoms with van der Waals surface area (Å²) in [5.41, 5.74) is 4.77. The van der Waals surface area contributed by atoms with Crippen LogP contribution in [0.3, 0.4) is 0 Å². The predicted octanol–water partition coefficient (Wildman–Crippen LogP) is 1.14. The maximum absolute atomic E-state index is 13.9. The summed E-state index contributed by atoms with van der Waals surface area (Å²) in [6.07, 6.45) is 2.68. The molecule has 0 aliphatic carbocycles. The third-order valence-electron chi connectivity index (χ3n) is 3.63. The van der Waals surface area contributed by atoms with Crippen molar-refractivity contribution in [3.05, 3.63) is 12.0 Å². The van der Waals surface area contributed by atoms with Crippen molar-refractivity contribution >= 4 is 17.7 Å². The fourth-order valence-corrected chi connectivity index (χ4v) is 2.24. The molecule has 1 unspecified atom stereocenters. The highest BCUT2D eigenvalue weighted by molar-refractivity contribution is 5.82. The molecule has 1 fully saturated rings. The van der Waals surface area contributed by atoms with Crippen LogP contribution >= 0.6 is 0 Å². The summed E-state index contributed by atoms with van der Waals surface area (Å²) in [4.78, 5) is 21.3. The van der Waals surface area contributed by atoms with Crippen molar-refractivity contribution in [2.24, 2.45) is 11.1 Å². The molecule has 0 aromatic carbocycles. The van der Waals surface area contributed by atoms with Crippen LogP contribution in [0.25, 0.3) is 0 Å². The molecule has 3 N–H and O–H groups in total. The zero-order valence-electron chi connectivity index (χ0n) is 11.8. The summed E-state index contributed by atoms with van der Waals surface area (Å²) < 4.78 is 13.9. The van der Waals surface area contributed by atoms with E-state index in [1.807, 2.05) is 6.92 Å². The number of hydrogen-bond donors (Lipinski definition) is 2. The summed E-state index contributed by atoms with van der Waals surface area (Å²) in [7, 11) is 0. The fourth-order valence-electron chi connectivity index (χ4n) is 2.24. The molecule has 1 amide bonds. The number of hydrogen-bond acceptors (Lipinski definition) is 5. The Morgan fingerprint density at radius 2 is 2.40 bits per heavy atom. The topological polar surface area (TPSA) is 84.1 Å². The lowest BCUT2D eigenvalue weighted by molar-refractivity contribution is -0.125. The second-order valence-electron chi connectivity index (χ2n) is 5.39. The number of nitrogens with two attached hydrogens (primary N) is 1. The minimum Gasteiger partial charge on any atom is -0.369 e. The second kappa shape index (κ2) is 5.60. The maximum atomic E-state index is 13.9. The Morgan fingerprint density at radius 3 is 3.00 bits per heavy atom. The molecule has 7 heteroatoms. The highest BCUT2D eigenvalue weighted by Crippen LogP contribution is 2.33. The monoisotopic (exact) mass is 281 g/mol. The number of anilines is 2. The van der Waals surface area contributed by atoms with Crippen LogP contribution in [-0.2, 0) is 4.79 Å². The van der Waals surface area contributed by atoms with E-state index in [1.54, 1.807) is 11.8 Å². The first kappa shape index (κ1) is 14.5. The predicted molar refractivity (Wildman–Crippen MR) is 74.9 cm³/mol. The second-order valence-corrected chi connectivity index (χ2v) is 5.39. The lowest BCUT2D eigenvalue weighted by Crippen LogP contribution is -2.37. The van der Waals surface area contributed by atoms with Gasteiger partial charge >= 0.3 is 0 Å². The Balaban J connectivity index is 2.18. The van der Waals surface area contributed by atoms with E-state index in [-0.39, 0.29) is 11.7 Å². The third-order valence-corrected chi connectivity index (χ3v) is 3.63. The van der Waals surface area contributed by atoms with Crippen molar-refractivity contribution in [1.29, 1.82) is 0 Å². The number of halogens is 1.